The molecular formula is C39H41NO6. The van der Waals surface area contributed by atoms with E-state index in [1.807, 2.05) is 31.2 Å². The first kappa shape index (κ1) is 31.6. The van der Waals surface area contributed by atoms with Gasteiger partial charge in [0, 0.05) is 28.5 Å². The highest BCUT2D eigenvalue weighted by molar-refractivity contribution is 6.38. The summed E-state index contributed by atoms with van der Waals surface area (Å²) >= 11 is 0. The van der Waals surface area contributed by atoms with Crippen molar-refractivity contribution >= 4 is 67.2 Å². The minimum Gasteiger partial charge on any atom is -0.386 e. The topological polar surface area (TPSA) is 98.8 Å². The number of benzene rings is 5. The van der Waals surface area contributed by atoms with Crippen LogP contribution in [0.15, 0.2) is 48.5 Å². The fraction of sp³-hybridized carbons (Fsp3) is 0.385. The fourth-order valence-corrected chi connectivity index (χ4v) is 7.06. The second kappa shape index (κ2) is 14.0. The summed E-state index contributed by atoms with van der Waals surface area (Å²) in [5, 5.41) is 9.20. The van der Waals surface area contributed by atoms with Gasteiger partial charge >= 0.3 is 11.9 Å². The van der Waals surface area contributed by atoms with Crippen LogP contribution in [0, 0.1) is 0 Å². The Morgan fingerprint density at radius 2 is 1.24 bits per heavy atom. The summed E-state index contributed by atoms with van der Waals surface area (Å²) in [5.74, 6) is -1.61. The zero-order chi connectivity index (χ0) is 32.2. The van der Waals surface area contributed by atoms with Crippen molar-refractivity contribution in [2.75, 3.05) is 6.61 Å². The number of amides is 1. The quantitative estimate of drug-likeness (QED) is 0.0225. The van der Waals surface area contributed by atoms with Crippen molar-refractivity contribution < 1.29 is 28.7 Å². The molecule has 0 saturated carbocycles. The van der Waals surface area contributed by atoms with E-state index in [-0.39, 0.29) is 5.91 Å². The van der Waals surface area contributed by atoms with Crippen molar-refractivity contribution in [3.05, 3.63) is 70.8 Å². The molecule has 0 radical (unpaired) electrons. The van der Waals surface area contributed by atoms with Gasteiger partial charge in [0.05, 0.1) is 11.1 Å². The zero-order valence-corrected chi connectivity index (χ0v) is 26.7. The molecule has 7 nitrogen and oxygen atoms in total. The van der Waals surface area contributed by atoms with E-state index in [2.05, 4.69) is 12.2 Å². The standard InChI is InChI=1S/C39H41NO6/c1-3-5-6-7-8-9-10-11-12-13-32(45-22-4-2)40-37(42)29-19-16-26-28-18-21-31-36-30(38(43)46-39(31)44)20-17-27(35(28)36)25-15-14-24(23-41)33(29)34(25)26/h14-21,23,32H,3-13,22H2,1-2H3,(H,40,42). The summed E-state index contributed by atoms with van der Waals surface area (Å²) in [7, 11) is 0. The van der Waals surface area contributed by atoms with Gasteiger partial charge in [-0.2, -0.15) is 0 Å². The molecule has 0 fully saturated rings. The summed E-state index contributed by atoms with van der Waals surface area (Å²) in [6, 6.07) is 14.3. The smallest absolute Gasteiger partial charge is 0.346 e. The van der Waals surface area contributed by atoms with Crippen LogP contribution in [0.3, 0.4) is 0 Å². The molecule has 0 bridgehead atoms. The van der Waals surface area contributed by atoms with Gasteiger partial charge < -0.3 is 14.8 Å². The third-order valence-corrected chi connectivity index (χ3v) is 9.32. The number of carbonyl (C=O) groups is 4. The molecule has 1 aliphatic rings. The molecule has 1 aliphatic heterocycles. The van der Waals surface area contributed by atoms with Crippen LogP contribution in [0.1, 0.15) is 126 Å². The summed E-state index contributed by atoms with van der Waals surface area (Å²) in [5.41, 5.74) is 1.53. The van der Waals surface area contributed by atoms with E-state index in [0.717, 1.165) is 64.3 Å². The molecule has 0 saturated heterocycles. The zero-order valence-electron chi connectivity index (χ0n) is 26.7. The summed E-state index contributed by atoms with van der Waals surface area (Å²) in [6.45, 7) is 4.83. The predicted octanol–water partition coefficient (Wildman–Crippen LogP) is 9.26. The Labute approximate surface area is 268 Å². The molecule has 1 atom stereocenters. The van der Waals surface area contributed by atoms with Gasteiger partial charge in [-0.1, -0.05) is 95.5 Å². The van der Waals surface area contributed by atoms with Crippen LogP contribution in [0.5, 0.6) is 0 Å². The molecule has 0 aliphatic carbocycles. The van der Waals surface area contributed by atoms with Gasteiger partial charge in [-0.05, 0) is 69.8 Å². The molecule has 5 aromatic carbocycles. The van der Waals surface area contributed by atoms with Gasteiger partial charge in [-0.25, -0.2) is 9.59 Å². The number of cyclic esters (lactones) is 2. The van der Waals surface area contributed by atoms with E-state index in [9.17, 15) is 19.2 Å². The number of fused-ring (bicyclic) bond motifs is 2. The average molecular weight is 620 g/mol. The highest BCUT2D eigenvalue weighted by Gasteiger charge is 2.30. The van der Waals surface area contributed by atoms with E-state index in [4.69, 9.17) is 9.47 Å². The number of unbranched alkanes of at least 4 members (excludes halogenated alkanes) is 8. The lowest BCUT2D eigenvalue weighted by Crippen LogP contribution is -2.37. The molecule has 1 amide bonds. The lowest BCUT2D eigenvalue weighted by Gasteiger charge is -2.22. The number of hydrogen-bond donors (Lipinski definition) is 1. The van der Waals surface area contributed by atoms with Crippen LogP contribution >= 0.6 is 0 Å². The van der Waals surface area contributed by atoms with Gasteiger partial charge in [0.25, 0.3) is 5.91 Å². The van der Waals surface area contributed by atoms with Gasteiger partial charge in [0.1, 0.15) is 6.23 Å². The van der Waals surface area contributed by atoms with E-state index in [1.54, 1.807) is 24.3 Å². The monoisotopic (exact) mass is 619 g/mol. The molecule has 0 aromatic heterocycles. The second-order valence-electron chi connectivity index (χ2n) is 12.4. The minimum atomic E-state index is -0.664. The Morgan fingerprint density at radius 3 is 1.83 bits per heavy atom. The predicted molar refractivity (Wildman–Crippen MR) is 182 cm³/mol. The first-order valence-corrected chi connectivity index (χ1v) is 16.8. The van der Waals surface area contributed by atoms with Crippen molar-refractivity contribution in [2.24, 2.45) is 0 Å². The molecule has 1 N–H and O–H groups in total. The molecule has 0 spiro atoms. The van der Waals surface area contributed by atoms with Crippen molar-refractivity contribution in [1.82, 2.24) is 5.32 Å². The Balaban J connectivity index is 1.33. The molecule has 1 unspecified atom stereocenters. The second-order valence-corrected chi connectivity index (χ2v) is 12.4. The van der Waals surface area contributed by atoms with E-state index in [0.29, 0.717) is 39.6 Å². The first-order valence-electron chi connectivity index (χ1n) is 16.8. The van der Waals surface area contributed by atoms with Crippen LogP contribution in [0.25, 0.3) is 43.1 Å². The maximum absolute atomic E-state index is 13.9. The average Bonchev–Trinajstić information content (AvgIpc) is 3.07. The van der Waals surface area contributed by atoms with Crippen LogP contribution in [0.2, 0.25) is 0 Å². The lowest BCUT2D eigenvalue weighted by atomic mass is 9.84. The van der Waals surface area contributed by atoms with Gasteiger partial charge in [0.15, 0.2) is 6.29 Å². The number of hydrogen-bond acceptors (Lipinski definition) is 6. The maximum atomic E-state index is 13.9. The van der Waals surface area contributed by atoms with Gasteiger partial charge in [-0.15, -0.1) is 0 Å². The fourth-order valence-electron chi connectivity index (χ4n) is 7.06. The largest absolute Gasteiger partial charge is 0.386 e. The Bertz CT molecular complexity index is 1870. The third-order valence-electron chi connectivity index (χ3n) is 9.32. The third kappa shape index (κ3) is 5.84. The normalized spacial score (nSPS) is 13.6. The number of ether oxygens (including phenoxy) is 2. The maximum Gasteiger partial charge on any atom is 0.346 e. The highest BCUT2D eigenvalue weighted by atomic mass is 16.6. The number of esters is 2. The summed E-state index contributed by atoms with van der Waals surface area (Å²) in [6.07, 6.45) is 12.9. The number of rotatable bonds is 16. The van der Waals surface area contributed by atoms with Crippen LogP contribution in [-0.4, -0.2) is 37.0 Å². The van der Waals surface area contributed by atoms with Crippen molar-refractivity contribution in [3.8, 4) is 0 Å². The van der Waals surface area contributed by atoms with E-state index >= 15 is 0 Å². The molecule has 238 valence electrons. The van der Waals surface area contributed by atoms with Crippen LogP contribution in [0.4, 0.5) is 0 Å². The minimum absolute atomic E-state index is 0.284. The van der Waals surface area contributed by atoms with E-state index in [1.165, 1.54) is 44.9 Å². The van der Waals surface area contributed by atoms with Crippen molar-refractivity contribution in [1.29, 1.82) is 0 Å². The number of aldehydes is 1. The van der Waals surface area contributed by atoms with E-state index < -0.39 is 18.2 Å². The Morgan fingerprint density at radius 1 is 0.696 bits per heavy atom. The number of nitrogens with one attached hydrogen (secondary N) is 1. The molecule has 6 rings (SSSR count). The summed E-state index contributed by atoms with van der Waals surface area (Å²) < 4.78 is 11.1. The van der Waals surface area contributed by atoms with Crippen LogP contribution in [-0.2, 0) is 9.47 Å². The van der Waals surface area contributed by atoms with Gasteiger partial charge in [0.2, 0.25) is 0 Å². The SMILES string of the molecule is CCCCCCCCCCCC(NC(=O)c1ccc2c3ccc4c5c(ccc(c6ccc(C=O)c1c62)c53)C(=O)OC4=O)OCCC. The summed E-state index contributed by atoms with van der Waals surface area (Å²) in [4.78, 5) is 51.6. The number of carbonyl (C=O) groups excluding carboxylic acids is 4. The van der Waals surface area contributed by atoms with Gasteiger partial charge in [-0.3, -0.25) is 9.59 Å². The lowest BCUT2D eigenvalue weighted by molar-refractivity contribution is 0.0219. The molecule has 46 heavy (non-hydrogen) atoms. The molecule has 5 aromatic rings. The first-order chi connectivity index (χ1) is 22.5. The highest BCUT2D eigenvalue weighted by Crippen LogP contribution is 2.44. The molecule has 1 heterocycles. The van der Waals surface area contributed by atoms with Crippen LogP contribution < -0.4 is 5.32 Å². The molecule has 7 heteroatoms. The molecular weight excluding hydrogens is 578 g/mol. The van der Waals surface area contributed by atoms with Crippen molar-refractivity contribution in [2.45, 2.75) is 90.7 Å². The van der Waals surface area contributed by atoms with Crippen molar-refractivity contribution in [3.63, 3.8) is 0 Å². The Hall–Kier alpha value is -4.36. The Kier molecular flexibility index (Phi) is 9.59.